The molecular formula is C19H17F4N3O3S. The van der Waals surface area contributed by atoms with Gasteiger partial charge in [0, 0.05) is 24.5 Å². The number of nitrogens with zero attached hydrogens (tertiary/aromatic N) is 1. The maximum Gasteiger partial charge on any atom is 0.263 e. The number of nitrogens with one attached hydrogen (secondary N) is 2. The summed E-state index contributed by atoms with van der Waals surface area (Å²) in [5.41, 5.74) is 0.00934. The molecule has 1 heterocycles. The van der Waals surface area contributed by atoms with E-state index in [0.717, 1.165) is 25.9 Å². The first-order chi connectivity index (χ1) is 14.3. The lowest BCUT2D eigenvalue weighted by Crippen LogP contribution is -2.36. The summed E-state index contributed by atoms with van der Waals surface area (Å²) in [4.78, 5) is 14.3. The first-order valence-electron chi connectivity index (χ1n) is 8.78. The molecule has 11 heteroatoms. The second kappa shape index (κ2) is 9.26. The molecule has 0 aromatic heterocycles. The number of thiocarbonyl (C=S) groups is 1. The highest BCUT2D eigenvalue weighted by Crippen LogP contribution is 2.29. The van der Waals surface area contributed by atoms with Crippen LogP contribution in [0.1, 0.15) is 10.4 Å². The molecule has 0 aliphatic carbocycles. The van der Waals surface area contributed by atoms with E-state index in [1.807, 2.05) is 17.4 Å². The number of ether oxygens (including phenoxy) is 2. The summed E-state index contributed by atoms with van der Waals surface area (Å²) < 4.78 is 65.2. The van der Waals surface area contributed by atoms with Crippen LogP contribution in [0, 0.1) is 23.3 Å². The van der Waals surface area contributed by atoms with E-state index in [4.69, 9.17) is 17.0 Å². The number of rotatable bonds is 4. The molecule has 2 aromatic rings. The van der Waals surface area contributed by atoms with Gasteiger partial charge in [0.1, 0.15) is 5.56 Å². The van der Waals surface area contributed by atoms with Crippen molar-refractivity contribution >= 4 is 34.6 Å². The Morgan fingerprint density at radius 3 is 2.13 bits per heavy atom. The first-order valence-corrected chi connectivity index (χ1v) is 9.19. The maximum absolute atomic E-state index is 14.0. The molecule has 6 nitrogen and oxygen atoms in total. The average molecular weight is 443 g/mol. The van der Waals surface area contributed by atoms with Crippen molar-refractivity contribution in [3.63, 3.8) is 0 Å². The second-order valence-electron chi connectivity index (χ2n) is 6.22. The zero-order valence-corrected chi connectivity index (χ0v) is 16.5. The van der Waals surface area contributed by atoms with Crippen molar-refractivity contribution in [3.05, 3.63) is 53.1 Å². The Morgan fingerprint density at radius 1 is 1.03 bits per heavy atom. The van der Waals surface area contributed by atoms with Crippen molar-refractivity contribution < 1.29 is 31.8 Å². The predicted molar refractivity (Wildman–Crippen MR) is 106 cm³/mol. The fourth-order valence-corrected chi connectivity index (χ4v) is 3.11. The lowest BCUT2D eigenvalue weighted by Gasteiger charge is -2.28. The summed E-state index contributed by atoms with van der Waals surface area (Å²) in [5.74, 6) is -10.1. The Morgan fingerprint density at radius 2 is 1.60 bits per heavy atom. The average Bonchev–Trinajstić information content (AvgIpc) is 2.74. The predicted octanol–water partition coefficient (Wildman–Crippen LogP) is 3.22. The number of hydrogen-bond donors (Lipinski definition) is 2. The summed E-state index contributed by atoms with van der Waals surface area (Å²) in [6.45, 7) is 2.78. The van der Waals surface area contributed by atoms with Crippen LogP contribution in [0.4, 0.5) is 28.9 Å². The van der Waals surface area contributed by atoms with E-state index in [-0.39, 0.29) is 5.11 Å². The van der Waals surface area contributed by atoms with Crippen LogP contribution in [0.2, 0.25) is 0 Å². The third-order valence-electron chi connectivity index (χ3n) is 4.38. The third-order valence-corrected chi connectivity index (χ3v) is 4.59. The van der Waals surface area contributed by atoms with Gasteiger partial charge in [-0.1, -0.05) is 0 Å². The number of morpholine rings is 1. The normalized spacial score (nSPS) is 13.7. The number of carbonyl (C=O) groups is 1. The quantitative estimate of drug-likeness (QED) is 0.430. The summed E-state index contributed by atoms with van der Waals surface area (Å²) in [6, 6.07) is 7.03. The fourth-order valence-electron chi connectivity index (χ4n) is 2.90. The summed E-state index contributed by atoms with van der Waals surface area (Å²) in [6.07, 6.45) is 0. The van der Waals surface area contributed by atoms with Gasteiger partial charge in [-0.25, -0.2) is 8.78 Å². The van der Waals surface area contributed by atoms with Gasteiger partial charge in [0.05, 0.1) is 20.3 Å². The molecule has 0 bridgehead atoms. The number of amides is 1. The standard InChI is InChI=1S/C19H17F4N3O3S/c1-28-17-15(22)13(20)12(14(21)16(17)23)18(27)25-19(30)24-10-2-4-11(5-3-10)26-6-8-29-9-7-26/h2-5H,6-9H2,1H3,(H2,24,25,27,30). The van der Waals surface area contributed by atoms with Gasteiger partial charge in [-0.15, -0.1) is 0 Å². The van der Waals surface area contributed by atoms with Crippen LogP contribution in [-0.4, -0.2) is 44.4 Å². The molecule has 3 rings (SSSR count). The molecule has 1 aliphatic heterocycles. The molecule has 1 saturated heterocycles. The van der Waals surface area contributed by atoms with Crippen LogP contribution in [0.3, 0.4) is 0 Å². The Hall–Kier alpha value is -2.92. The van der Waals surface area contributed by atoms with Crippen molar-refractivity contribution in [1.29, 1.82) is 0 Å². The van der Waals surface area contributed by atoms with E-state index in [2.05, 4.69) is 15.0 Å². The van der Waals surface area contributed by atoms with Crippen molar-refractivity contribution in [2.75, 3.05) is 43.6 Å². The van der Waals surface area contributed by atoms with Crippen LogP contribution in [0.5, 0.6) is 5.75 Å². The topological polar surface area (TPSA) is 62.8 Å². The van der Waals surface area contributed by atoms with Crippen molar-refractivity contribution in [2.24, 2.45) is 0 Å². The van der Waals surface area contributed by atoms with Crippen molar-refractivity contribution in [2.45, 2.75) is 0 Å². The second-order valence-corrected chi connectivity index (χ2v) is 6.63. The number of hydrogen-bond acceptors (Lipinski definition) is 5. The van der Waals surface area contributed by atoms with Crippen LogP contribution >= 0.6 is 12.2 Å². The minimum atomic E-state index is -1.89. The molecule has 1 aliphatic rings. The van der Waals surface area contributed by atoms with E-state index >= 15 is 0 Å². The fraction of sp³-hybridized carbons (Fsp3) is 0.263. The van der Waals surface area contributed by atoms with Gasteiger partial charge >= 0.3 is 0 Å². The summed E-state index contributed by atoms with van der Waals surface area (Å²) in [5, 5.41) is 4.35. The number of halogens is 4. The van der Waals surface area contributed by atoms with Crippen LogP contribution < -0.4 is 20.3 Å². The number of anilines is 2. The third kappa shape index (κ3) is 4.46. The van der Waals surface area contributed by atoms with Gasteiger partial charge in [0.15, 0.2) is 22.5 Å². The molecule has 1 amide bonds. The smallest absolute Gasteiger partial charge is 0.263 e. The molecule has 2 aromatic carbocycles. The number of carbonyl (C=O) groups excluding carboxylic acids is 1. The molecular weight excluding hydrogens is 426 g/mol. The highest BCUT2D eigenvalue weighted by atomic mass is 32.1. The van der Waals surface area contributed by atoms with Crippen LogP contribution in [0.15, 0.2) is 24.3 Å². The largest absolute Gasteiger partial charge is 0.491 e. The molecule has 30 heavy (non-hydrogen) atoms. The molecule has 0 atom stereocenters. The van der Waals surface area contributed by atoms with E-state index in [1.54, 1.807) is 12.1 Å². The zero-order valence-electron chi connectivity index (χ0n) is 15.7. The Bertz CT molecular complexity index is 937. The molecule has 160 valence electrons. The summed E-state index contributed by atoms with van der Waals surface area (Å²) >= 11 is 4.94. The minimum absolute atomic E-state index is 0.311. The van der Waals surface area contributed by atoms with E-state index in [1.165, 1.54) is 0 Å². The molecule has 0 spiro atoms. The van der Waals surface area contributed by atoms with E-state index in [0.29, 0.717) is 18.9 Å². The van der Waals surface area contributed by atoms with Gasteiger partial charge in [-0.2, -0.15) is 8.78 Å². The monoisotopic (exact) mass is 443 g/mol. The Kier molecular flexibility index (Phi) is 6.73. The van der Waals surface area contributed by atoms with Gasteiger partial charge in [0.25, 0.3) is 5.91 Å². The molecule has 2 N–H and O–H groups in total. The van der Waals surface area contributed by atoms with Gasteiger partial charge in [0.2, 0.25) is 11.6 Å². The molecule has 0 unspecified atom stereocenters. The number of benzene rings is 2. The summed E-state index contributed by atoms with van der Waals surface area (Å²) in [7, 11) is 0.837. The highest BCUT2D eigenvalue weighted by molar-refractivity contribution is 7.80. The van der Waals surface area contributed by atoms with Crippen LogP contribution in [-0.2, 0) is 4.74 Å². The molecule has 1 fully saturated rings. The highest BCUT2D eigenvalue weighted by Gasteiger charge is 2.30. The minimum Gasteiger partial charge on any atom is -0.491 e. The van der Waals surface area contributed by atoms with Gasteiger partial charge in [-0.05, 0) is 36.5 Å². The van der Waals surface area contributed by atoms with Gasteiger partial charge < -0.3 is 19.7 Å². The SMILES string of the molecule is COc1c(F)c(F)c(C(=O)NC(=S)Nc2ccc(N3CCOCC3)cc2)c(F)c1F. The lowest BCUT2D eigenvalue weighted by atomic mass is 10.1. The van der Waals surface area contributed by atoms with E-state index in [9.17, 15) is 22.4 Å². The number of methoxy groups -OCH3 is 1. The van der Waals surface area contributed by atoms with Crippen LogP contribution in [0.25, 0.3) is 0 Å². The van der Waals surface area contributed by atoms with Crippen molar-refractivity contribution in [1.82, 2.24) is 5.32 Å². The van der Waals surface area contributed by atoms with Gasteiger partial charge in [-0.3, -0.25) is 10.1 Å². The lowest BCUT2D eigenvalue weighted by molar-refractivity contribution is 0.0966. The molecule has 0 saturated carbocycles. The zero-order chi connectivity index (χ0) is 21.8. The Balaban J connectivity index is 1.69. The molecule has 0 radical (unpaired) electrons. The first kappa shape index (κ1) is 21.8. The van der Waals surface area contributed by atoms with E-state index < -0.39 is 40.5 Å². The van der Waals surface area contributed by atoms with Crippen molar-refractivity contribution in [3.8, 4) is 5.75 Å². The Labute approximate surface area is 174 Å². The maximum atomic E-state index is 14.0.